The van der Waals surface area contributed by atoms with Crippen molar-refractivity contribution in [3.8, 4) is 0 Å². The summed E-state index contributed by atoms with van der Waals surface area (Å²) in [5.74, 6) is 0.497. The van der Waals surface area contributed by atoms with E-state index in [1.165, 1.54) is 11.6 Å². The van der Waals surface area contributed by atoms with E-state index in [1.54, 1.807) is 6.33 Å². The molecule has 0 saturated carbocycles. The van der Waals surface area contributed by atoms with E-state index in [2.05, 4.69) is 46.2 Å². The lowest BCUT2D eigenvalue weighted by atomic mass is 10.0. The van der Waals surface area contributed by atoms with Crippen LogP contribution >= 0.6 is 0 Å². The Morgan fingerprint density at radius 2 is 2.00 bits per heavy atom. The van der Waals surface area contributed by atoms with Gasteiger partial charge in [0, 0.05) is 11.1 Å². The van der Waals surface area contributed by atoms with Crippen molar-refractivity contribution in [2.45, 2.75) is 19.4 Å². The number of carbonyl (C=O) groups is 1. The van der Waals surface area contributed by atoms with E-state index >= 15 is 0 Å². The summed E-state index contributed by atoms with van der Waals surface area (Å²) < 4.78 is 0. The van der Waals surface area contributed by atoms with Crippen LogP contribution in [0, 0.1) is 0 Å². The Bertz CT molecular complexity index is 893. The number of rotatable bonds is 6. The van der Waals surface area contributed by atoms with Crippen LogP contribution in [0.3, 0.4) is 0 Å². The molecule has 25 heavy (non-hydrogen) atoms. The van der Waals surface area contributed by atoms with E-state index < -0.39 is 0 Å². The number of hydrogen-bond donors (Lipinski definition) is 2. The smallest absolute Gasteiger partial charge is 0.247 e. The van der Waals surface area contributed by atoms with Gasteiger partial charge in [0.2, 0.25) is 5.91 Å². The van der Waals surface area contributed by atoms with Gasteiger partial charge >= 0.3 is 0 Å². The quantitative estimate of drug-likeness (QED) is 0.660. The van der Waals surface area contributed by atoms with Gasteiger partial charge in [-0.1, -0.05) is 43.8 Å². The van der Waals surface area contributed by atoms with E-state index in [9.17, 15) is 4.79 Å². The number of nitrogens with one attached hydrogen (secondary N) is 2. The summed E-state index contributed by atoms with van der Waals surface area (Å²) in [6.45, 7) is 5.60. The highest BCUT2D eigenvalue weighted by atomic mass is 16.1. The summed E-state index contributed by atoms with van der Waals surface area (Å²) in [7, 11) is 0. The number of carbonyl (C=O) groups excluding carboxylic acids is 1. The predicted molar refractivity (Wildman–Crippen MR) is 101 cm³/mol. The third kappa shape index (κ3) is 3.83. The zero-order valence-corrected chi connectivity index (χ0v) is 14.1. The summed E-state index contributed by atoms with van der Waals surface area (Å²) >= 11 is 0. The zero-order chi connectivity index (χ0) is 17.6. The van der Waals surface area contributed by atoms with Crippen molar-refractivity contribution in [1.29, 1.82) is 0 Å². The minimum Gasteiger partial charge on any atom is -0.363 e. The van der Waals surface area contributed by atoms with Crippen molar-refractivity contribution < 1.29 is 4.79 Å². The summed E-state index contributed by atoms with van der Waals surface area (Å²) in [4.78, 5) is 20.2. The number of hydrogen-bond acceptors (Lipinski definition) is 4. The predicted octanol–water partition coefficient (Wildman–Crippen LogP) is 4.32. The monoisotopic (exact) mass is 332 g/mol. The first-order valence-electron chi connectivity index (χ1n) is 8.21. The maximum absolute atomic E-state index is 11.5. The van der Waals surface area contributed by atoms with Gasteiger partial charge in [0.1, 0.15) is 12.1 Å². The van der Waals surface area contributed by atoms with Crippen molar-refractivity contribution in [1.82, 2.24) is 9.97 Å². The molecule has 5 nitrogen and oxygen atoms in total. The first kappa shape index (κ1) is 16.6. The fraction of sp³-hybridized carbons (Fsp3) is 0.150. The second-order valence-corrected chi connectivity index (χ2v) is 5.66. The third-order valence-electron chi connectivity index (χ3n) is 4.01. The molecule has 3 aromatic rings. The molecule has 0 aliphatic rings. The Kier molecular flexibility index (Phi) is 5.04. The number of nitrogens with zero attached hydrogens (tertiary/aromatic N) is 2. The summed E-state index contributed by atoms with van der Waals surface area (Å²) in [5, 5.41) is 7.13. The maximum Gasteiger partial charge on any atom is 0.247 e. The molecule has 1 heterocycles. The average Bonchev–Trinajstić information content (AvgIpc) is 2.66. The topological polar surface area (TPSA) is 66.9 Å². The molecule has 3 rings (SSSR count). The standard InChI is InChI=1S/C20H20N4O/c1-3-17(14-8-6-5-7-9-14)24-20-16-12-15(23-19(25)4-2)10-11-18(16)21-13-22-20/h4-13,17H,2-3H2,1H3,(H,23,25)(H,21,22,24). The molecular weight excluding hydrogens is 312 g/mol. The fourth-order valence-corrected chi connectivity index (χ4v) is 2.71. The minimum atomic E-state index is -0.249. The summed E-state index contributed by atoms with van der Waals surface area (Å²) in [6, 6.07) is 16.0. The van der Waals surface area contributed by atoms with Crippen molar-refractivity contribution in [3.05, 3.63) is 73.1 Å². The first-order chi connectivity index (χ1) is 12.2. The largest absolute Gasteiger partial charge is 0.363 e. The number of benzene rings is 2. The fourth-order valence-electron chi connectivity index (χ4n) is 2.71. The van der Waals surface area contributed by atoms with Crippen LogP contribution in [0.2, 0.25) is 0 Å². The van der Waals surface area contributed by atoms with Crippen molar-refractivity contribution in [2.24, 2.45) is 0 Å². The molecular formula is C20H20N4O. The van der Waals surface area contributed by atoms with Gasteiger partial charge in [-0.3, -0.25) is 4.79 Å². The average molecular weight is 332 g/mol. The molecule has 0 bridgehead atoms. The molecule has 1 atom stereocenters. The van der Waals surface area contributed by atoms with Gasteiger partial charge in [-0.15, -0.1) is 0 Å². The summed E-state index contributed by atoms with van der Waals surface area (Å²) in [5.41, 5.74) is 2.70. The van der Waals surface area contributed by atoms with Crippen molar-refractivity contribution >= 4 is 28.3 Å². The number of fused-ring (bicyclic) bond motifs is 1. The highest BCUT2D eigenvalue weighted by Gasteiger charge is 2.12. The van der Waals surface area contributed by atoms with E-state index in [1.807, 2.05) is 36.4 Å². The van der Waals surface area contributed by atoms with Gasteiger partial charge in [0.25, 0.3) is 0 Å². The van der Waals surface area contributed by atoms with Crippen LogP contribution in [0.1, 0.15) is 24.9 Å². The van der Waals surface area contributed by atoms with Gasteiger partial charge in [-0.2, -0.15) is 0 Å². The molecule has 1 amide bonds. The molecule has 126 valence electrons. The molecule has 0 fully saturated rings. The second-order valence-electron chi connectivity index (χ2n) is 5.66. The van der Waals surface area contributed by atoms with E-state index in [0.29, 0.717) is 5.69 Å². The van der Waals surface area contributed by atoms with E-state index in [0.717, 1.165) is 23.1 Å². The third-order valence-corrected chi connectivity index (χ3v) is 4.01. The lowest BCUT2D eigenvalue weighted by Crippen LogP contribution is -2.11. The molecule has 1 unspecified atom stereocenters. The van der Waals surface area contributed by atoms with Gasteiger partial charge in [0.05, 0.1) is 11.6 Å². The normalized spacial score (nSPS) is 11.7. The number of aromatic nitrogens is 2. The molecule has 2 aromatic carbocycles. The number of anilines is 2. The van der Waals surface area contributed by atoms with Crippen LogP contribution < -0.4 is 10.6 Å². The van der Waals surface area contributed by atoms with Crippen LogP contribution in [-0.2, 0) is 4.79 Å². The maximum atomic E-state index is 11.5. The van der Waals surface area contributed by atoms with Crippen LogP contribution in [0.4, 0.5) is 11.5 Å². The Morgan fingerprint density at radius 1 is 1.20 bits per heavy atom. The van der Waals surface area contributed by atoms with Crippen LogP contribution in [0.25, 0.3) is 10.9 Å². The Hall–Kier alpha value is -3.21. The van der Waals surface area contributed by atoms with Crippen molar-refractivity contribution in [2.75, 3.05) is 10.6 Å². The molecule has 1 aromatic heterocycles. The highest BCUT2D eigenvalue weighted by molar-refractivity contribution is 6.01. The Labute approximate surface area is 146 Å². The lowest BCUT2D eigenvalue weighted by molar-refractivity contribution is -0.111. The van der Waals surface area contributed by atoms with E-state index in [-0.39, 0.29) is 11.9 Å². The lowest BCUT2D eigenvalue weighted by Gasteiger charge is -2.19. The SMILES string of the molecule is C=CC(=O)Nc1ccc2ncnc(NC(CC)c3ccccc3)c2c1. The molecule has 0 aliphatic heterocycles. The van der Waals surface area contributed by atoms with E-state index in [4.69, 9.17) is 0 Å². The highest BCUT2D eigenvalue weighted by Crippen LogP contribution is 2.27. The summed E-state index contributed by atoms with van der Waals surface area (Å²) in [6.07, 6.45) is 3.71. The number of amides is 1. The Balaban J connectivity index is 1.96. The molecule has 0 spiro atoms. The molecule has 5 heteroatoms. The van der Waals surface area contributed by atoms with Crippen molar-refractivity contribution in [3.63, 3.8) is 0 Å². The van der Waals surface area contributed by atoms with Gasteiger partial charge < -0.3 is 10.6 Å². The van der Waals surface area contributed by atoms with Crippen LogP contribution in [-0.4, -0.2) is 15.9 Å². The zero-order valence-electron chi connectivity index (χ0n) is 14.1. The molecule has 0 radical (unpaired) electrons. The van der Waals surface area contributed by atoms with Crippen LogP contribution in [0.15, 0.2) is 67.5 Å². The van der Waals surface area contributed by atoms with Gasteiger partial charge in [0.15, 0.2) is 0 Å². The second kappa shape index (κ2) is 7.57. The molecule has 0 aliphatic carbocycles. The minimum absolute atomic E-state index is 0.144. The molecule has 2 N–H and O–H groups in total. The van der Waals surface area contributed by atoms with Gasteiger partial charge in [-0.25, -0.2) is 9.97 Å². The van der Waals surface area contributed by atoms with Gasteiger partial charge in [-0.05, 0) is 36.3 Å². The Morgan fingerprint density at radius 3 is 2.72 bits per heavy atom. The van der Waals surface area contributed by atoms with Crippen LogP contribution in [0.5, 0.6) is 0 Å². The molecule has 0 saturated heterocycles. The first-order valence-corrected chi connectivity index (χ1v) is 8.21.